The predicted molar refractivity (Wildman–Crippen MR) is 86.8 cm³/mol. The number of nitrogens with one attached hydrogen (secondary N) is 1. The Kier molecular flexibility index (Phi) is 5.72. The van der Waals surface area contributed by atoms with E-state index in [1.807, 2.05) is 24.3 Å². The Morgan fingerprint density at radius 3 is 2.50 bits per heavy atom. The molecular weight excluding hydrogens is 387 g/mol. The van der Waals surface area contributed by atoms with Crippen molar-refractivity contribution in [1.29, 1.82) is 0 Å². The summed E-state index contributed by atoms with van der Waals surface area (Å²) in [5.74, 6) is 5.38. The lowest BCUT2D eigenvalue weighted by molar-refractivity contribution is 0.519. The molecule has 2 rings (SSSR count). The van der Waals surface area contributed by atoms with E-state index in [9.17, 15) is 4.39 Å². The normalized spacial score (nSPS) is 12.4. The molecule has 2 aromatic carbocycles. The van der Waals surface area contributed by atoms with Gasteiger partial charge in [0.1, 0.15) is 5.82 Å². The highest BCUT2D eigenvalue weighted by atomic mass is 79.9. The van der Waals surface area contributed by atoms with Gasteiger partial charge in [0.2, 0.25) is 0 Å². The van der Waals surface area contributed by atoms with Crippen LogP contribution >= 0.6 is 31.9 Å². The molecule has 0 aliphatic carbocycles. The van der Waals surface area contributed by atoms with Gasteiger partial charge in [-0.2, -0.15) is 0 Å². The minimum Gasteiger partial charge on any atom is -0.271 e. The van der Waals surface area contributed by atoms with Crippen LogP contribution in [0.4, 0.5) is 4.39 Å². The number of rotatable bonds is 5. The molecule has 0 aliphatic rings. The molecule has 0 aromatic heterocycles. The van der Waals surface area contributed by atoms with E-state index in [0.29, 0.717) is 6.42 Å². The quantitative estimate of drug-likeness (QED) is 0.587. The molecule has 0 radical (unpaired) electrons. The molecule has 20 heavy (non-hydrogen) atoms. The van der Waals surface area contributed by atoms with E-state index in [-0.39, 0.29) is 11.9 Å². The largest absolute Gasteiger partial charge is 0.271 e. The monoisotopic (exact) mass is 400 g/mol. The van der Waals surface area contributed by atoms with Crippen LogP contribution in [0.2, 0.25) is 0 Å². The lowest BCUT2D eigenvalue weighted by Gasteiger charge is -2.17. The van der Waals surface area contributed by atoms with Crippen molar-refractivity contribution in [2.75, 3.05) is 0 Å². The van der Waals surface area contributed by atoms with Gasteiger partial charge in [-0.25, -0.2) is 4.39 Å². The van der Waals surface area contributed by atoms with Crippen molar-refractivity contribution >= 4 is 31.9 Å². The molecular formula is C15H15Br2FN2. The Labute approximate surface area is 134 Å². The first kappa shape index (κ1) is 15.6. The first-order valence-electron chi connectivity index (χ1n) is 6.23. The molecule has 3 N–H and O–H groups in total. The fourth-order valence-corrected chi connectivity index (χ4v) is 3.09. The maximum Gasteiger partial charge on any atom is 0.124 e. The number of nitrogens with two attached hydrogens (primary N) is 1. The zero-order valence-corrected chi connectivity index (χ0v) is 13.9. The number of hydrogen-bond donors (Lipinski definition) is 2. The van der Waals surface area contributed by atoms with Gasteiger partial charge in [0.15, 0.2) is 0 Å². The summed E-state index contributed by atoms with van der Waals surface area (Å²) in [7, 11) is 0. The number of benzene rings is 2. The highest BCUT2D eigenvalue weighted by Crippen LogP contribution is 2.20. The van der Waals surface area contributed by atoms with Crippen LogP contribution in [0.15, 0.2) is 51.4 Å². The van der Waals surface area contributed by atoms with E-state index >= 15 is 0 Å². The summed E-state index contributed by atoms with van der Waals surface area (Å²) in [5.41, 5.74) is 4.89. The SMILES string of the molecule is NNC(Cc1cc(F)cc(Br)c1)Cc1ccccc1Br. The van der Waals surface area contributed by atoms with Crippen molar-refractivity contribution in [3.8, 4) is 0 Å². The third-order valence-corrected chi connectivity index (χ3v) is 4.30. The van der Waals surface area contributed by atoms with Gasteiger partial charge in [-0.05, 0) is 48.2 Å². The summed E-state index contributed by atoms with van der Waals surface area (Å²) >= 11 is 6.83. The van der Waals surface area contributed by atoms with Crippen molar-refractivity contribution < 1.29 is 4.39 Å². The summed E-state index contributed by atoms with van der Waals surface area (Å²) in [6, 6.07) is 13.0. The van der Waals surface area contributed by atoms with Crippen molar-refractivity contribution in [3.63, 3.8) is 0 Å². The van der Waals surface area contributed by atoms with Gasteiger partial charge >= 0.3 is 0 Å². The van der Waals surface area contributed by atoms with Gasteiger partial charge in [0, 0.05) is 15.0 Å². The molecule has 0 saturated heterocycles. The van der Waals surface area contributed by atoms with Crippen molar-refractivity contribution in [3.05, 3.63) is 68.4 Å². The molecule has 0 fully saturated rings. The molecule has 0 amide bonds. The van der Waals surface area contributed by atoms with Crippen LogP contribution in [0, 0.1) is 5.82 Å². The van der Waals surface area contributed by atoms with E-state index in [2.05, 4.69) is 43.4 Å². The van der Waals surface area contributed by atoms with Gasteiger partial charge in [-0.15, -0.1) is 0 Å². The first-order chi connectivity index (χ1) is 9.58. The second-order valence-electron chi connectivity index (χ2n) is 4.64. The van der Waals surface area contributed by atoms with Gasteiger partial charge in [-0.1, -0.05) is 50.1 Å². The summed E-state index contributed by atoms with van der Waals surface area (Å²) in [6.07, 6.45) is 1.43. The number of hydrazine groups is 1. The van der Waals surface area contributed by atoms with E-state index < -0.39 is 0 Å². The van der Waals surface area contributed by atoms with Crippen LogP contribution in [0.5, 0.6) is 0 Å². The smallest absolute Gasteiger partial charge is 0.124 e. The summed E-state index contributed by atoms with van der Waals surface area (Å²) in [6.45, 7) is 0. The van der Waals surface area contributed by atoms with Crippen LogP contribution in [-0.2, 0) is 12.8 Å². The van der Waals surface area contributed by atoms with Gasteiger partial charge in [0.25, 0.3) is 0 Å². The molecule has 0 bridgehead atoms. The second-order valence-corrected chi connectivity index (χ2v) is 6.41. The molecule has 2 aromatic rings. The summed E-state index contributed by atoms with van der Waals surface area (Å²) in [5, 5.41) is 0. The Morgan fingerprint density at radius 2 is 1.85 bits per heavy atom. The average Bonchev–Trinajstić information content (AvgIpc) is 2.39. The molecule has 0 spiro atoms. The van der Waals surface area contributed by atoms with Gasteiger partial charge in [0.05, 0.1) is 0 Å². The molecule has 0 saturated carbocycles. The zero-order valence-electron chi connectivity index (χ0n) is 10.7. The maximum atomic E-state index is 13.4. The van der Waals surface area contributed by atoms with Gasteiger partial charge in [-0.3, -0.25) is 11.3 Å². The highest BCUT2D eigenvalue weighted by Gasteiger charge is 2.12. The zero-order chi connectivity index (χ0) is 14.5. The molecule has 2 nitrogen and oxygen atoms in total. The third-order valence-electron chi connectivity index (χ3n) is 3.06. The fraction of sp³-hybridized carbons (Fsp3) is 0.200. The van der Waals surface area contributed by atoms with Crippen LogP contribution in [0.3, 0.4) is 0 Å². The highest BCUT2D eigenvalue weighted by molar-refractivity contribution is 9.10. The molecule has 5 heteroatoms. The minimum absolute atomic E-state index is 0.0439. The topological polar surface area (TPSA) is 38.0 Å². The summed E-state index contributed by atoms with van der Waals surface area (Å²) in [4.78, 5) is 0. The molecule has 1 atom stereocenters. The number of hydrogen-bond acceptors (Lipinski definition) is 2. The van der Waals surface area contributed by atoms with Crippen LogP contribution in [0.1, 0.15) is 11.1 Å². The van der Waals surface area contributed by atoms with Crippen LogP contribution < -0.4 is 11.3 Å². The van der Waals surface area contributed by atoms with Gasteiger partial charge < -0.3 is 0 Å². The van der Waals surface area contributed by atoms with Crippen molar-refractivity contribution in [1.82, 2.24) is 5.43 Å². The molecule has 0 aliphatic heterocycles. The lowest BCUT2D eigenvalue weighted by atomic mass is 9.99. The van der Waals surface area contributed by atoms with E-state index in [4.69, 9.17) is 5.84 Å². The second kappa shape index (κ2) is 7.31. The minimum atomic E-state index is -0.244. The van der Waals surface area contributed by atoms with E-state index in [1.165, 1.54) is 17.7 Å². The van der Waals surface area contributed by atoms with E-state index in [0.717, 1.165) is 20.9 Å². The standard InChI is InChI=1S/C15H15Br2FN2/c16-12-5-10(6-13(18)9-12)7-14(20-19)8-11-3-1-2-4-15(11)17/h1-6,9,14,20H,7-8,19H2. The van der Waals surface area contributed by atoms with Crippen molar-refractivity contribution in [2.45, 2.75) is 18.9 Å². The molecule has 0 heterocycles. The Balaban J connectivity index is 2.11. The van der Waals surface area contributed by atoms with Crippen LogP contribution in [0.25, 0.3) is 0 Å². The number of halogens is 3. The van der Waals surface area contributed by atoms with E-state index in [1.54, 1.807) is 0 Å². The predicted octanol–water partition coefficient (Wildman–Crippen LogP) is 3.97. The molecule has 1 unspecified atom stereocenters. The maximum absolute atomic E-state index is 13.4. The third kappa shape index (κ3) is 4.38. The van der Waals surface area contributed by atoms with Crippen LogP contribution in [-0.4, -0.2) is 6.04 Å². The first-order valence-corrected chi connectivity index (χ1v) is 7.81. The molecule has 106 valence electrons. The Morgan fingerprint density at radius 1 is 1.10 bits per heavy atom. The Bertz CT molecular complexity index is 570. The Hall–Kier alpha value is -0.750. The van der Waals surface area contributed by atoms with Crippen molar-refractivity contribution in [2.24, 2.45) is 5.84 Å². The lowest BCUT2D eigenvalue weighted by Crippen LogP contribution is -2.38. The average molecular weight is 402 g/mol. The summed E-state index contributed by atoms with van der Waals surface area (Å²) < 4.78 is 15.2. The fourth-order valence-electron chi connectivity index (χ4n) is 2.13.